The van der Waals surface area contributed by atoms with Gasteiger partial charge in [-0.3, -0.25) is 0 Å². The van der Waals surface area contributed by atoms with Crippen molar-refractivity contribution in [1.82, 2.24) is 0 Å². The van der Waals surface area contributed by atoms with Crippen molar-refractivity contribution in [3.8, 4) is 39.9 Å². The lowest BCUT2D eigenvalue weighted by molar-refractivity contribution is 0.442. The highest BCUT2D eigenvalue weighted by atomic mass is 16.3. The van der Waals surface area contributed by atoms with Crippen LogP contribution in [-0.2, 0) is 36.5 Å². The Labute approximate surface area is 358 Å². The molecule has 7 aromatic rings. The van der Waals surface area contributed by atoms with Crippen LogP contribution in [-0.4, -0.2) is 25.5 Å². The monoisotopic (exact) mass is 804 g/mol. The molecule has 5 nitrogen and oxygen atoms in total. The molecule has 4 aliphatic rings. The van der Waals surface area contributed by atoms with E-state index in [0.717, 1.165) is 50.1 Å². The lowest BCUT2D eigenvalue weighted by Gasteiger charge is -2.43. The summed E-state index contributed by atoms with van der Waals surface area (Å²) >= 11 is 0. The Bertz CT molecular complexity index is 2790. The Morgan fingerprint density at radius 1 is 0.344 bits per heavy atom. The van der Waals surface area contributed by atoms with Crippen LogP contribution in [0.5, 0.6) is 28.7 Å². The number of hydrogen-bond donors (Lipinski definition) is 5. The van der Waals surface area contributed by atoms with Gasteiger partial charge in [0.1, 0.15) is 28.7 Å². The summed E-state index contributed by atoms with van der Waals surface area (Å²) in [6.45, 7) is 12.9. The molecular formula is C56H52O5. The molecule has 7 aromatic carbocycles. The minimum absolute atomic E-state index is 0.117. The molecule has 12 bridgehead atoms. The first kappa shape index (κ1) is 38.7. The van der Waals surface area contributed by atoms with Crippen molar-refractivity contribution in [1.29, 1.82) is 0 Å². The number of aromatic hydroxyl groups is 5. The number of rotatable bonds is 1. The van der Waals surface area contributed by atoms with Crippen molar-refractivity contribution < 1.29 is 25.5 Å². The summed E-state index contributed by atoms with van der Waals surface area (Å²) in [6, 6.07) is 38.8. The van der Waals surface area contributed by atoms with Crippen LogP contribution >= 0.6 is 0 Å². The maximum Gasteiger partial charge on any atom is 0.123 e. The van der Waals surface area contributed by atoms with Gasteiger partial charge >= 0.3 is 0 Å². The van der Waals surface area contributed by atoms with Crippen molar-refractivity contribution in [2.24, 2.45) is 0 Å². The van der Waals surface area contributed by atoms with Gasteiger partial charge in [-0.05, 0) is 112 Å². The number of phenolic OH excluding ortho intramolecular Hbond substituents is 5. The summed E-state index contributed by atoms with van der Waals surface area (Å²) < 4.78 is 0. The van der Waals surface area contributed by atoms with Crippen molar-refractivity contribution in [2.75, 3.05) is 0 Å². The molecule has 0 heterocycles. The SMILES string of the molecule is CC(C)(C)c1cc2c(O)c(c1)Cc1ccc3c(c1O)C1c4ccccc4C3c3ccc(c(O)c31)Cc1cc(C(C)(C)C)cc(c1O)Cc1cc(-c3ccccc3)cc(c1O)C2. The second kappa shape index (κ2) is 13.8. The van der Waals surface area contributed by atoms with E-state index >= 15 is 0 Å². The molecule has 0 atom stereocenters. The van der Waals surface area contributed by atoms with Crippen LogP contribution in [0, 0.1) is 0 Å². The Morgan fingerprint density at radius 3 is 1.11 bits per heavy atom. The molecule has 0 amide bonds. The van der Waals surface area contributed by atoms with Crippen molar-refractivity contribution in [2.45, 2.75) is 89.9 Å². The van der Waals surface area contributed by atoms with Gasteiger partial charge in [0.25, 0.3) is 0 Å². The molecule has 0 spiro atoms. The molecule has 0 saturated heterocycles. The quantitative estimate of drug-likeness (QED) is 0.114. The molecule has 0 unspecified atom stereocenters. The molecule has 5 heteroatoms. The van der Waals surface area contributed by atoms with Gasteiger partial charge in [0.05, 0.1) is 0 Å². The Kier molecular flexibility index (Phi) is 8.75. The Morgan fingerprint density at radius 2 is 0.705 bits per heavy atom. The lowest BCUT2D eigenvalue weighted by atomic mass is 9.60. The van der Waals surface area contributed by atoms with E-state index < -0.39 is 5.92 Å². The molecular weight excluding hydrogens is 753 g/mol. The minimum Gasteiger partial charge on any atom is -0.507 e. The van der Waals surface area contributed by atoms with E-state index in [1.54, 1.807) is 0 Å². The van der Waals surface area contributed by atoms with Crippen molar-refractivity contribution in [3.05, 3.63) is 204 Å². The van der Waals surface area contributed by atoms with Crippen molar-refractivity contribution >= 4 is 0 Å². The normalized spacial score (nSPS) is 16.4. The van der Waals surface area contributed by atoms with Crippen molar-refractivity contribution in [3.63, 3.8) is 0 Å². The average Bonchev–Trinajstić information content (AvgIpc) is 3.22. The first-order chi connectivity index (χ1) is 29.1. The van der Waals surface area contributed by atoms with E-state index in [2.05, 4.69) is 71.9 Å². The van der Waals surface area contributed by atoms with Gasteiger partial charge in [0.2, 0.25) is 0 Å². The number of phenols is 5. The molecule has 0 radical (unpaired) electrons. The predicted molar refractivity (Wildman–Crippen MR) is 243 cm³/mol. The highest BCUT2D eigenvalue weighted by molar-refractivity contribution is 5.75. The average molecular weight is 805 g/mol. The summed E-state index contributed by atoms with van der Waals surface area (Å²) in [5.41, 5.74) is 14.7. The highest BCUT2D eigenvalue weighted by Gasteiger charge is 2.45. The lowest BCUT2D eigenvalue weighted by Crippen LogP contribution is -2.28. The summed E-state index contributed by atoms with van der Waals surface area (Å²) in [4.78, 5) is 0. The van der Waals surface area contributed by atoms with E-state index in [-0.39, 0.29) is 71.2 Å². The second-order valence-electron chi connectivity index (χ2n) is 19.6. The van der Waals surface area contributed by atoms with Crippen LogP contribution in [0.1, 0.15) is 142 Å². The van der Waals surface area contributed by atoms with Crippen LogP contribution in [0.25, 0.3) is 11.1 Å². The third-order valence-corrected chi connectivity index (χ3v) is 13.7. The maximum atomic E-state index is 12.5. The number of hydrogen-bond acceptors (Lipinski definition) is 5. The third kappa shape index (κ3) is 6.28. The fourth-order valence-electron chi connectivity index (χ4n) is 10.3. The summed E-state index contributed by atoms with van der Waals surface area (Å²) in [5.74, 6) is 0.125. The molecule has 5 N–H and O–H groups in total. The van der Waals surface area contributed by atoms with Crippen LogP contribution in [0.15, 0.2) is 115 Å². The molecule has 0 saturated carbocycles. The molecule has 0 fully saturated rings. The zero-order chi connectivity index (χ0) is 42.7. The third-order valence-electron chi connectivity index (χ3n) is 13.7. The van der Waals surface area contributed by atoms with Crippen LogP contribution < -0.4 is 0 Å². The van der Waals surface area contributed by atoms with Gasteiger partial charge in [-0.25, -0.2) is 0 Å². The van der Waals surface area contributed by atoms with Gasteiger partial charge < -0.3 is 25.5 Å². The maximum absolute atomic E-state index is 12.5. The second-order valence-corrected chi connectivity index (χ2v) is 19.6. The standard InChI is InChI=1S/C56H52O5/c1-55(2,3)40-26-36-20-31-16-18-44-46-42-14-10-11-15-43(42)47(48(44)53(31)60)49-45(46)19-17-32(54(49)61)21-37-27-41(56(4,5)6)29-39(52(37)59)25-35-23-33(30-12-8-7-9-13-30)22-34(50(35)57)24-38(28-40)51(36)58/h7-19,22-23,26-29,46-47,57-61H,20-21,24-25H2,1-6H3. The largest absolute Gasteiger partial charge is 0.507 e. The summed E-state index contributed by atoms with van der Waals surface area (Å²) in [5, 5.41) is 61.8. The minimum atomic E-state index is -0.418. The summed E-state index contributed by atoms with van der Waals surface area (Å²) in [7, 11) is 0. The van der Waals surface area contributed by atoms with E-state index in [1.807, 2.05) is 84.9 Å². The smallest absolute Gasteiger partial charge is 0.123 e. The van der Waals surface area contributed by atoms with Crippen LogP contribution in [0.3, 0.4) is 0 Å². The van der Waals surface area contributed by atoms with E-state index in [1.165, 1.54) is 5.56 Å². The zero-order valence-corrected chi connectivity index (χ0v) is 35.7. The van der Waals surface area contributed by atoms with Gasteiger partial charge in [0.15, 0.2) is 0 Å². The Hall–Kier alpha value is -6.46. The van der Waals surface area contributed by atoms with Crippen LogP contribution in [0.2, 0.25) is 0 Å². The molecule has 0 aromatic heterocycles. The first-order valence-electron chi connectivity index (χ1n) is 21.5. The van der Waals surface area contributed by atoms with Gasteiger partial charge in [-0.15, -0.1) is 0 Å². The van der Waals surface area contributed by atoms with Crippen LogP contribution in [0.4, 0.5) is 0 Å². The Balaban J connectivity index is 1.26. The van der Waals surface area contributed by atoms with E-state index in [0.29, 0.717) is 44.5 Å². The fourth-order valence-corrected chi connectivity index (χ4v) is 10.3. The predicted octanol–water partition coefficient (Wildman–Crippen LogP) is 12.1. The molecule has 11 rings (SSSR count). The van der Waals surface area contributed by atoms with Gasteiger partial charge in [-0.2, -0.15) is 0 Å². The number of fused-ring (bicyclic) bond motifs is 8. The van der Waals surface area contributed by atoms with Gasteiger partial charge in [-0.1, -0.05) is 145 Å². The molecule has 0 aliphatic heterocycles. The first-order valence-corrected chi connectivity index (χ1v) is 21.5. The summed E-state index contributed by atoms with van der Waals surface area (Å²) in [6.07, 6.45) is 1.08. The zero-order valence-electron chi connectivity index (χ0n) is 35.7. The number of benzene rings is 7. The van der Waals surface area contributed by atoms with E-state index in [4.69, 9.17) is 0 Å². The van der Waals surface area contributed by atoms with E-state index in [9.17, 15) is 25.5 Å². The topological polar surface area (TPSA) is 101 Å². The molecule has 4 aliphatic carbocycles. The van der Waals surface area contributed by atoms with Gasteiger partial charge in [0, 0.05) is 48.6 Å². The molecule has 306 valence electrons. The fraction of sp³-hybridized carbons (Fsp3) is 0.250. The highest BCUT2D eigenvalue weighted by Crippen LogP contribution is 2.61. The molecule has 61 heavy (non-hydrogen) atoms.